The zero-order chi connectivity index (χ0) is 22.5. The number of ether oxygens (including phenoxy) is 2. The molecular weight excluding hydrogens is 406 g/mol. The maximum Gasteiger partial charge on any atom is 0.165 e. The van der Waals surface area contributed by atoms with Crippen molar-refractivity contribution in [2.75, 3.05) is 13.1 Å². The summed E-state index contributed by atoms with van der Waals surface area (Å²) in [5.41, 5.74) is 5.17. The minimum atomic E-state index is 0.553. The van der Waals surface area contributed by atoms with Gasteiger partial charge in [0, 0.05) is 11.6 Å². The Kier molecular flexibility index (Phi) is 6.97. The highest BCUT2D eigenvalue weighted by atomic mass is 16.5. The first kappa shape index (κ1) is 22.0. The molecule has 3 heteroatoms. The van der Waals surface area contributed by atoms with Crippen LogP contribution in [0.2, 0.25) is 0 Å². The SMILES string of the molecule is CCCN1CCC[C@@H]2Cc3c(ccc(OCc4ccccc4)c3OCc3ccccc3)C[C@H]21. The lowest BCUT2D eigenvalue weighted by atomic mass is 9.75. The van der Waals surface area contributed by atoms with Gasteiger partial charge in [-0.05, 0) is 73.9 Å². The predicted molar refractivity (Wildman–Crippen MR) is 134 cm³/mol. The maximum absolute atomic E-state index is 6.53. The van der Waals surface area contributed by atoms with Crippen LogP contribution in [0, 0.1) is 5.92 Å². The van der Waals surface area contributed by atoms with Gasteiger partial charge in [-0.15, -0.1) is 0 Å². The van der Waals surface area contributed by atoms with Crippen molar-refractivity contribution in [2.24, 2.45) is 5.92 Å². The van der Waals surface area contributed by atoms with Gasteiger partial charge in [0.15, 0.2) is 11.5 Å². The van der Waals surface area contributed by atoms with Crippen LogP contribution in [-0.2, 0) is 26.1 Å². The number of fused-ring (bicyclic) bond motifs is 2. The number of benzene rings is 3. The van der Waals surface area contributed by atoms with E-state index in [2.05, 4.69) is 72.5 Å². The number of piperidine rings is 1. The largest absolute Gasteiger partial charge is 0.485 e. The van der Waals surface area contributed by atoms with Crippen molar-refractivity contribution in [2.45, 2.75) is 58.3 Å². The van der Waals surface area contributed by atoms with Crippen LogP contribution >= 0.6 is 0 Å². The summed E-state index contributed by atoms with van der Waals surface area (Å²) in [4.78, 5) is 2.74. The fourth-order valence-electron chi connectivity index (χ4n) is 5.60. The second-order valence-corrected chi connectivity index (χ2v) is 9.49. The second kappa shape index (κ2) is 10.4. The standard InChI is InChI=1S/C30H35NO2/c1-2-17-31-18-9-14-26-19-27-25(20-28(26)31)15-16-29(32-21-23-10-5-3-6-11-23)30(27)33-22-24-12-7-4-8-13-24/h3-8,10-13,15-16,26,28H,2,9,14,17-22H2,1H3/t26-,28-/m1/s1. The molecule has 0 N–H and O–H groups in total. The molecule has 33 heavy (non-hydrogen) atoms. The van der Waals surface area contributed by atoms with Crippen molar-refractivity contribution in [3.8, 4) is 11.5 Å². The second-order valence-electron chi connectivity index (χ2n) is 9.49. The molecule has 0 spiro atoms. The van der Waals surface area contributed by atoms with Crippen LogP contribution in [0.25, 0.3) is 0 Å². The van der Waals surface area contributed by atoms with Gasteiger partial charge in [0.2, 0.25) is 0 Å². The number of hydrogen-bond acceptors (Lipinski definition) is 3. The van der Waals surface area contributed by atoms with Crippen LogP contribution in [-0.4, -0.2) is 24.0 Å². The third kappa shape index (κ3) is 5.09. The third-order valence-corrected chi connectivity index (χ3v) is 7.22. The Bertz CT molecular complexity index is 1030. The molecule has 3 nitrogen and oxygen atoms in total. The van der Waals surface area contributed by atoms with E-state index < -0.39 is 0 Å². The first-order valence-corrected chi connectivity index (χ1v) is 12.5. The van der Waals surface area contributed by atoms with Crippen LogP contribution in [0.1, 0.15) is 48.4 Å². The fraction of sp³-hybridized carbons (Fsp3) is 0.400. The number of nitrogens with zero attached hydrogens (tertiary/aromatic N) is 1. The summed E-state index contributed by atoms with van der Waals surface area (Å²) in [5.74, 6) is 2.54. The van der Waals surface area contributed by atoms with E-state index in [1.165, 1.54) is 54.6 Å². The quantitative estimate of drug-likeness (QED) is 0.402. The molecule has 5 rings (SSSR count). The molecule has 0 unspecified atom stereocenters. The van der Waals surface area contributed by atoms with Crippen molar-refractivity contribution >= 4 is 0 Å². The molecule has 0 aromatic heterocycles. The van der Waals surface area contributed by atoms with Gasteiger partial charge in [0.05, 0.1) is 0 Å². The summed E-state index contributed by atoms with van der Waals surface area (Å²) in [6, 6.07) is 25.9. The molecule has 1 saturated heterocycles. The zero-order valence-corrected chi connectivity index (χ0v) is 19.7. The summed E-state index contributed by atoms with van der Waals surface area (Å²) in [6.45, 7) is 5.88. The first-order chi connectivity index (χ1) is 16.3. The summed E-state index contributed by atoms with van der Waals surface area (Å²) < 4.78 is 12.9. The topological polar surface area (TPSA) is 21.7 Å². The smallest absolute Gasteiger partial charge is 0.165 e. The summed E-state index contributed by atoms with van der Waals surface area (Å²) >= 11 is 0. The van der Waals surface area contributed by atoms with E-state index in [4.69, 9.17) is 9.47 Å². The summed E-state index contributed by atoms with van der Waals surface area (Å²) in [5, 5.41) is 0. The number of rotatable bonds is 8. The molecule has 0 radical (unpaired) electrons. The van der Waals surface area contributed by atoms with Gasteiger partial charge >= 0.3 is 0 Å². The average Bonchev–Trinajstić information content (AvgIpc) is 2.87. The molecule has 1 heterocycles. The Morgan fingerprint density at radius 1 is 0.818 bits per heavy atom. The molecule has 3 aromatic carbocycles. The van der Waals surface area contributed by atoms with Gasteiger partial charge < -0.3 is 9.47 Å². The maximum atomic E-state index is 6.53. The van der Waals surface area contributed by atoms with Gasteiger partial charge in [-0.25, -0.2) is 0 Å². The Morgan fingerprint density at radius 3 is 2.21 bits per heavy atom. The van der Waals surface area contributed by atoms with Gasteiger partial charge in [-0.3, -0.25) is 4.90 Å². The summed E-state index contributed by atoms with van der Waals surface area (Å²) in [7, 11) is 0. The van der Waals surface area contributed by atoms with Crippen molar-refractivity contribution in [1.29, 1.82) is 0 Å². The van der Waals surface area contributed by atoms with E-state index in [0.717, 1.165) is 24.3 Å². The summed E-state index contributed by atoms with van der Waals surface area (Å²) in [6.07, 6.45) is 6.07. The van der Waals surface area contributed by atoms with Crippen molar-refractivity contribution in [1.82, 2.24) is 4.90 Å². The van der Waals surface area contributed by atoms with Crippen LogP contribution in [0.3, 0.4) is 0 Å². The van der Waals surface area contributed by atoms with Crippen LogP contribution in [0.5, 0.6) is 11.5 Å². The van der Waals surface area contributed by atoms with Gasteiger partial charge in [-0.2, -0.15) is 0 Å². The molecule has 0 saturated carbocycles. The minimum Gasteiger partial charge on any atom is -0.485 e. The van der Waals surface area contributed by atoms with Crippen LogP contribution in [0.15, 0.2) is 72.8 Å². The molecule has 0 bridgehead atoms. The number of hydrogen-bond donors (Lipinski definition) is 0. The monoisotopic (exact) mass is 441 g/mol. The molecule has 172 valence electrons. The van der Waals surface area contributed by atoms with Crippen LogP contribution in [0.4, 0.5) is 0 Å². The highest BCUT2D eigenvalue weighted by molar-refractivity contribution is 5.52. The van der Waals surface area contributed by atoms with Crippen molar-refractivity contribution in [3.63, 3.8) is 0 Å². The molecule has 1 aliphatic carbocycles. The molecule has 1 aliphatic heterocycles. The van der Waals surface area contributed by atoms with Crippen molar-refractivity contribution in [3.05, 3.63) is 95.1 Å². The normalized spacial score (nSPS) is 20.0. The Labute approximate surface area is 198 Å². The molecule has 3 aromatic rings. The van der Waals surface area contributed by atoms with E-state index in [1.54, 1.807) is 0 Å². The van der Waals surface area contributed by atoms with Gasteiger partial charge in [0.1, 0.15) is 13.2 Å². The molecule has 0 amide bonds. The zero-order valence-electron chi connectivity index (χ0n) is 19.7. The van der Waals surface area contributed by atoms with Crippen LogP contribution < -0.4 is 9.47 Å². The third-order valence-electron chi connectivity index (χ3n) is 7.22. The van der Waals surface area contributed by atoms with E-state index >= 15 is 0 Å². The lowest BCUT2D eigenvalue weighted by Gasteiger charge is -2.45. The fourth-order valence-corrected chi connectivity index (χ4v) is 5.60. The molecule has 2 atom stereocenters. The van der Waals surface area contributed by atoms with E-state index in [9.17, 15) is 0 Å². The highest BCUT2D eigenvalue weighted by Gasteiger charge is 2.36. The lowest BCUT2D eigenvalue weighted by molar-refractivity contribution is 0.0844. The van der Waals surface area contributed by atoms with Gasteiger partial charge in [-0.1, -0.05) is 73.7 Å². The first-order valence-electron chi connectivity index (χ1n) is 12.5. The van der Waals surface area contributed by atoms with E-state index in [1.807, 2.05) is 12.1 Å². The Balaban J connectivity index is 1.43. The Morgan fingerprint density at radius 2 is 1.52 bits per heavy atom. The number of likely N-dealkylation sites (tertiary alicyclic amines) is 1. The van der Waals surface area contributed by atoms with Crippen molar-refractivity contribution < 1.29 is 9.47 Å². The van der Waals surface area contributed by atoms with E-state index in [0.29, 0.717) is 25.2 Å². The highest BCUT2D eigenvalue weighted by Crippen LogP contribution is 2.43. The predicted octanol–water partition coefficient (Wildman–Crippen LogP) is 6.43. The lowest BCUT2D eigenvalue weighted by Crippen LogP contribution is -2.49. The molecule has 1 fully saturated rings. The molecular formula is C30H35NO2. The minimum absolute atomic E-state index is 0.553. The Hall–Kier alpha value is -2.78. The molecule has 2 aliphatic rings. The average molecular weight is 442 g/mol. The van der Waals surface area contributed by atoms with E-state index in [-0.39, 0.29) is 0 Å². The van der Waals surface area contributed by atoms with Gasteiger partial charge in [0.25, 0.3) is 0 Å².